The summed E-state index contributed by atoms with van der Waals surface area (Å²) >= 11 is 0. The molecule has 2 aromatic rings. The third-order valence-electron chi connectivity index (χ3n) is 3.26. The number of aryl methyl sites for hydroxylation is 4. The zero-order chi connectivity index (χ0) is 13.8. The summed E-state index contributed by atoms with van der Waals surface area (Å²) in [6.45, 7) is 6.38. The molecule has 100 valence electrons. The second-order valence-electron chi connectivity index (χ2n) is 4.94. The first-order chi connectivity index (χ1) is 9.10. The van der Waals surface area contributed by atoms with Crippen molar-refractivity contribution in [3.05, 3.63) is 46.9 Å². The van der Waals surface area contributed by atoms with Crippen molar-refractivity contribution in [1.82, 2.24) is 9.97 Å². The Bertz CT molecular complexity index is 579. The SMILES string of the molecule is Cc1cc(-c2ccc(C)c(C)c2)nc(CCCO)n1. The molecule has 0 saturated heterocycles. The molecular weight excluding hydrogens is 236 g/mol. The second-order valence-corrected chi connectivity index (χ2v) is 4.94. The van der Waals surface area contributed by atoms with Gasteiger partial charge in [0, 0.05) is 24.3 Å². The molecule has 1 aromatic carbocycles. The minimum atomic E-state index is 0.177. The van der Waals surface area contributed by atoms with E-state index in [0.717, 1.165) is 29.2 Å². The van der Waals surface area contributed by atoms with Gasteiger partial charge in [-0.2, -0.15) is 0 Å². The standard InChI is InChI=1S/C16H20N2O/c1-11-6-7-14(9-12(11)2)15-10-13(3)17-16(18-15)5-4-8-19/h6-7,9-10,19H,4-5,8H2,1-3H3. The van der Waals surface area contributed by atoms with Crippen LogP contribution in [0.2, 0.25) is 0 Å². The molecule has 19 heavy (non-hydrogen) atoms. The normalized spacial score (nSPS) is 10.7. The van der Waals surface area contributed by atoms with E-state index < -0.39 is 0 Å². The van der Waals surface area contributed by atoms with Gasteiger partial charge in [-0.15, -0.1) is 0 Å². The average molecular weight is 256 g/mol. The fraction of sp³-hybridized carbons (Fsp3) is 0.375. The van der Waals surface area contributed by atoms with Crippen molar-refractivity contribution in [2.75, 3.05) is 6.61 Å². The fourth-order valence-electron chi connectivity index (χ4n) is 2.03. The number of nitrogens with zero attached hydrogens (tertiary/aromatic N) is 2. The van der Waals surface area contributed by atoms with Crippen LogP contribution in [-0.4, -0.2) is 21.7 Å². The number of hydrogen-bond donors (Lipinski definition) is 1. The van der Waals surface area contributed by atoms with Crippen molar-refractivity contribution >= 4 is 0 Å². The van der Waals surface area contributed by atoms with Crippen molar-refractivity contribution in [2.45, 2.75) is 33.6 Å². The van der Waals surface area contributed by atoms with Gasteiger partial charge in [0.25, 0.3) is 0 Å². The van der Waals surface area contributed by atoms with Gasteiger partial charge in [0.05, 0.1) is 5.69 Å². The molecule has 3 nitrogen and oxygen atoms in total. The Hall–Kier alpha value is -1.74. The zero-order valence-corrected chi connectivity index (χ0v) is 11.8. The maximum absolute atomic E-state index is 8.89. The molecule has 0 atom stereocenters. The Morgan fingerprint density at radius 3 is 2.47 bits per heavy atom. The van der Waals surface area contributed by atoms with Crippen molar-refractivity contribution in [1.29, 1.82) is 0 Å². The summed E-state index contributed by atoms with van der Waals surface area (Å²) in [6.07, 6.45) is 1.42. The summed E-state index contributed by atoms with van der Waals surface area (Å²) in [5.74, 6) is 0.808. The summed E-state index contributed by atoms with van der Waals surface area (Å²) in [5, 5.41) is 8.89. The maximum Gasteiger partial charge on any atom is 0.129 e. The predicted molar refractivity (Wildman–Crippen MR) is 77.1 cm³/mol. The van der Waals surface area contributed by atoms with Crippen LogP contribution < -0.4 is 0 Å². The number of rotatable bonds is 4. The van der Waals surface area contributed by atoms with Gasteiger partial charge in [-0.05, 0) is 50.5 Å². The molecule has 1 aromatic heterocycles. The van der Waals surface area contributed by atoms with E-state index in [1.807, 2.05) is 13.0 Å². The lowest BCUT2D eigenvalue weighted by Gasteiger charge is -2.08. The van der Waals surface area contributed by atoms with E-state index in [9.17, 15) is 0 Å². The molecule has 2 rings (SSSR count). The van der Waals surface area contributed by atoms with Crippen molar-refractivity contribution in [3.63, 3.8) is 0 Å². The average Bonchev–Trinajstić information content (AvgIpc) is 2.39. The first kappa shape index (κ1) is 13.7. The molecule has 0 bridgehead atoms. The van der Waals surface area contributed by atoms with E-state index in [1.165, 1.54) is 11.1 Å². The van der Waals surface area contributed by atoms with Crippen LogP contribution in [0.5, 0.6) is 0 Å². The van der Waals surface area contributed by atoms with E-state index in [-0.39, 0.29) is 6.61 Å². The Kier molecular flexibility index (Phi) is 4.27. The van der Waals surface area contributed by atoms with Gasteiger partial charge in [0.2, 0.25) is 0 Å². The highest BCUT2D eigenvalue weighted by atomic mass is 16.2. The summed E-state index contributed by atoms with van der Waals surface area (Å²) in [5.41, 5.74) is 5.61. The number of hydrogen-bond acceptors (Lipinski definition) is 3. The lowest BCUT2D eigenvalue weighted by molar-refractivity contribution is 0.287. The number of aliphatic hydroxyl groups excluding tert-OH is 1. The van der Waals surface area contributed by atoms with Crippen molar-refractivity contribution in [2.24, 2.45) is 0 Å². The third-order valence-corrected chi connectivity index (χ3v) is 3.26. The molecule has 0 saturated carbocycles. The number of aliphatic hydroxyl groups is 1. The van der Waals surface area contributed by atoms with Gasteiger partial charge in [-0.3, -0.25) is 0 Å². The van der Waals surface area contributed by atoms with E-state index in [0.29, 0.717) is 6.42 Å². The van der Waals surface area contributed by atoms with Crippen LogP contribution in [0.1, 0.15) is 29.1 Å². The van der Waals surface area contributed by atoms with E-state index in [2.05, 4.69) is 42.0 Å². The zero-order valence-electron chi connectivity index (χ0n) is 11.8. The molecule has 0 fully saturated rings. The molecule has 0 spiro atoms. The summed E-state index contributed by atoms with van der Waals surface area (Å²) < 4.78 is 0. The maximum atomic E-state index is 8.89. The predicted octanol–water partition coefficient (Wildman–Crippen LogP) is 2.99. The monoisotopic (exact) mass is 256 g/mol. The first-order valence-corrected chi connectivity index (χ1v) is 6.63. The molecule has 0 amide bonds. The minimum Gasteiger partial charge on any atom is -0.396 e. The summed E-state index contributed by atoms with van der Waals surface area (Å²) in [4.78, 5) is 9.00. The minimum absolute atomic E-state index is 0.177. The molecule has 1 N–H and O–H groups in total. The first-order valence-electron chi connectivity index (χ1n) is 6.63. The molecule has 0 aliphatic carbocycles. The van der Waals surface area contributed by atoms with Gasteiger partial charge in [0.15, 0.2) is 0 Å². The van der Waals surface area contributed by atoms with Gasteiger partial charge in [-0.1, -0.05) is 12.1 Å². The fourth-order valence-corrected chi connectivity index (χ4v) is 2.03. The van der Waals surface area contributed by atoms with Gasteiger partial charge >= 0.3 is 0 Å². The molecule has 0 radical (unpaired) electrons. The van der Waals surface area contributed by atoms with Crippen molar-refractivity contribution in [3.8, 4) is 11.3 Å². The van der Waals surface area contributed by atoms with Crippen LogP contribution in [0.15, 0.2) is 24.3 Å². The van der Waals surface area contributed by atoms with Crippen LogP contribution >= 0.6 is 0 Å². The highest BCUT2D eigenvalue weighted by Crippen LogP contribution is 2.21. The van der Waals surface area contributed by atoms with Crippen LogP contribution in [0.4, 0.5) is 0 Å². The quantitative estimate of drug-likeness (QED) is 0.914. The van der Waals surface area contributed by atoms with Gasteiger partial charge in [-0.25, -0.2) is 9.97 Å². The Balaban J connectivity index is 2.37. The number of benzene rings is 1. The molecule has 3 heteroatoms. The second kappa shape index (κ2) is 5.93. The van der Waals surface area contributed by atoms with Crippen molar-refractivity contribution < 1.29 is 5.11 Å². The van der Waals surface area contributed by atoms with E-state index >= 15 is 0 Å². The largest absolute Gasteiger partial charge is 0.396 e. The Morgan fingerprint density at radius 1 is 1.00 bits per heavy atom. The summed E-state index contributed by atoms with van der Waals surface area (Å²) in [7, 11) is 0. The smallest absolute Gasteiger partial charge is 0.129 e. The molecule has 0 aliphatic rings. The highest BCUT2D eigenvalue weighted by Gasteiger charge is 2.05. The van der Waals surface area contributed by atoms with Crippen LogP contribution in [0.25, 0.3) is 11.3 Å². The van der Waals surface area contributed by atoms with E-state index in [4.69, 9.17) is 5.11 Å². The Labute approximate surface area is 114 Å². The summed E-state index contributed by atoms with van der Waals surface area (Å²) in [6, 6.07) is 8.38. The van der Waals surface area contributed by atoms with E-state index in [1.54, 1.807) is 0 Å². The van der Waals surface area contributed by atoms with Crippen LogP contribution in [-0.2, 0) is 6.42 Å². The topological polar surface area (TPSA) is 46.0 Å². The molecule has 0 unspecified atom stereocenters. The van der Waals surface area contributed by atoms with Crippen LogP contribution in [0.3, 0.4) is 0 Å². The van der Waals surface area contributed by atoms with Crippen LogP contribution in [0, 0.1) is 20.8 Å². The molecule has 0 aliphatic heterocycles. The lowest BCUT2D eigenvalue weighted by atomic mass is 10.0. The lowest BCUT2D eigenvalue weighted by Crippen LogP contribution is -2.01. The number of aromatic nitrogens is 2. The van der Waals surface area contributed by atoms with Gasteiger partial charge in [0.1, 0.15) is 5.82 Å². The molecule has 1 heterocycles. The van der Waals surface area contributed by atoms with Gasteiger partial charge < -0.3 is 5.11 Å². The Morgan fingerprint density at radius 2 is 1.79 bits per heavy atom. The highest BCUT2D eigenvalue weighted by molar-refractivity contribution is 5.61. The third kappa shape index (κ3) is 3.38. The molecular formula is C16H20N2O.